The molecule has 2 aliphatic rings. The summed E-state index contributed by atoms with van der Waals surface area (Å²) in [5, 5.41) is 2.88. The summed E-state index contributed by atoms with van der Waals surface area (Å²) in [6.07, 6.45) is -0.303. The van der Waals surface area contributed by atoms with Crippen LogP contribution in [-0.2, 0) is 9.53 Å². The van der Waals surface area contributed by atoms with Gasteiger partial charge >= 0.3 is 6.18 Å². The number of hydrogen-bond acceptors (Lipinski definition) is 3. The van der Waals surface area contributed by atoms with E-state index in [9.17, 15) is 18.0 Å². The van der Waals surface area contributed by atoms with E-state index in [0.717, 1.165) is 25.7 Å². The SMILES string of the molecule is CC(N)(C(=O)NC1CCCC(OCC(F)(F)F)C1)C1CC1. The van der Waals surface area contributed by atoms with Crippen LogP contribution in [0.1, 0.15) is 45.4 Å². The molecule has 0 radical (unpaired) electrons. The van der Waals surface area contributed by atoms with Gasteiger partial charge in [-0.3, -0.25) is 4.79 Å². The molecular formula is C14H23F3N2O2. The van der Waals surface area contributed by atoms with Crippen molar-refractivity contribution in [2.45, 2.75) is 69.3 Å². The number of rotatable bonds is 5. The normalized spacial score (nSPS) is 29.8. The lowest BCUT2D eigenvalue weighted by Crippen LogP contribution is -2.56. The maximum Gasteiger partial charge on any atom is 0.411 e. The highest BCUT2D eigenvalue weighted by Gasteiger charge is 2.44. The van der Waals surface area contributed by atoms with Gasteiger partial charge in [0.2, 0.25) is 5.91 Å². The summed E-state index contributed by atoms with van der Waals surface area (Å²) < 4.78 is 41.4. The zero-order chi connectivity index (χ0) is 15.7. The second-order valence-corrected chi connectivity index (χ2v) is 6.44. The molecule has 0 spiro atoms. The molecule has 2 saturated carbocycles. The van der Waals surface area contributed by atoms with Gasteiger partial charge in [0.15, 0.2) is 0 Å². The lowest BCUT2D eigenvalue weighted by molar-refractivity contribution is -0.188. The predicted octanol–water partition coefficient (Wildman–Crippen LogP) is 2.12. The second-order valence-electron chi connectivity index (χ2n) is 6.44. The van der Waals surface area contributed by atoms with E-state index >= 15 is 0 Å². The number of carbonyl (C=O) groups excluding carboxylic acids is 1. The van der Waals surface area contributed by atoms with Crippen LogP contribution in [-0.4, -0.2) is 36.4 Å². The quantitative estimate of drug-likeness (QED) is 0.817. The lowest BCUT2D eigenvalue weighted by atomic mass is 9.90. The topological polar surface area (TPSA) is 64.4 Å². The number of alkyl halides is 3. The summed E-state index contributed by atoms with van der Waals surface area (Å²) in [5.41, 5.74) is 5.17. The number of hydrogen-bond donors (Lipinski definition) is 2. The maximum absolute atomic E-state index is 12.2. The van der Waals surface area contributed by atoms with Crippen LogP contribution in [0.15, 0.2) is 0 Å². The predicted molar refractivity (Wildman–Crippen MR) is 71.5 cm³/mol. The Balaban J connectivity index is 1.79. The first-order valence-corrected chi connectivity index (χ1v) is 7.46. The Labute approximate surface area is 122 Å². The molecule has 7 heteroatoms. The molecular weight excluding hydrogens is 285 g/mol. The largest absolute Gasteiger partial charge is 0.411 e. The van der Waals surface area contributed by atoms with Gasteiger partial charge in [-0.05, 0) is 51.4 Å². The third-order valence-electron chi connectivity index (χ3n) is 4.36. The zero-order valence-electron chi connectivity index (χ0n) is 12.2. The number of nitrogens with two attached hydrogens (primary N) is 1. The first-order valence-electron chi connectivity index (χ1n) is 7.46. The Bertz CT molecular complexity index is 381. The van der Waals surface area contributed by atoms with Crippen LogP contribution in [0.5, 0.6) is 0 Å². The molecule has 0 aromatic heterocycles. The molecule has 0 aliphatic heterocycles. The van der Waals surface area contributed by atoms with Crippen molar-refractivity contribution in [3.63, 3.8) is 0 Å². The fraction of sp³-hybridized carbons (Fsp3) is 0.929. The van der Waals surface area contributed by atoms with E-state index < -0.39 is 24.4 Å². The van der Waals surface area contributed by atoms with Crippen LogP contribution in [0.2, 0.25) is 0 Å². The lowest BCUT2D eigenvalue weighted by Gasteiger charge is -2.32. The van der Waals surface area contributed by atoms with Crippen molar-refractivity contribution in [3.05, 3.63) is 0 Å². The van der Waals surface area contributed by atoms with Crippen molar-refractivity contribution < 1.29 is 22.7 Å². The van der Waals surface area contributed by atoms with Gasteiger partial charge in [0, 0.05) is 6.04 Å². The highest BCUT2D eigenvalue weighted by atomic mass is 19.4. The van der Waals surface area contributed by atoms with Crippen molar-refractivity contribution in [2.24, 2.45) is 11.7 Å². The van der Waals surface area contributed by atoms with Crippen molar-refractivity contribution >= 4 is 5.91 Å². The first kappa shape index (κ1) is 16.5. The van der Waals surface area contributed by atoms with Gasteiger partial charge in [-0.2, -0.15) is 13.2 Å². The standard InChI is InChI=1S/C14H23F3N2O2/c1-13(18,9-5-6-9)12(20)19-10-3-2-4-11(7-10)21-8-14(15,16)17/h9-11H,2-8,18H2,1H3,(H,19,20). The summed E-state index contributed by atoms with van der Waals surface area (Å²) in [7, 11) is 0. The van der Waals surface area contributed by atoms with Gasteiger partial charge in [-0.25, -0.2) is 0 Å². The number of ether oxygens (including phenoxy) is 1. The highest BCUT2D eigenvalue weighted by molar-refractivity contribution is 5.86. The summed E-state index contributed by atoms with van der Waals surface area (Å²) in [4.78, 5) is 12.2. The molecule has 4 nitrogen and oxygen atoms in total. The van der Waals surface area contributed by atoms with Crippen molar-refractivity contribution in [2.75, 3.05) is 6.61 Å². The van der Waals surface area contributed by atoms with Crippen LogP contribution >= 0.6 is 0 Å². The molecule has 0 aromatic carbocycles. The summed E-state index contributed by atoms with van der Waals surface area (Å²) in [6.45, 7) is 0.496. The fourth-order valence-electron chi connectivity index (χ4n) is 2.85. The molecule has 0 heterocycles. The Morgan fingerprint density at radius 2 is 1.95 bits per heavy atom. The Kier molecular flexibility index (Phi) is 4.82. The number of halogens is 3. The van der Waals surface area contributed by atoms with E-state index in [1.54, 1.807) is 6.92 Å². The minimum absolute atomic E-state index is 0.147. The third-order valence-corrected chi connectivity index (χ3v) is 4.36. The monoisotopic (exact) mass is 308 g/mol. The molecule has 0 saturated heterocycles. The Morgan fingerprint density at radius 3 is 2.52 bits per heavy atom. The van der Waals surface area contributed by atoms with Gasteiger partial charge in [0.05, 0.1) is 11.6 Å². The fourth-order valence-corrected chi connectivity index (χ4v) is 2.85. The van der Waals surface area contributed by atoms with Crippen molar-refractivity contribution in [1.82, 2.24) is 5.32 Å². The van der Waals surface area contributed by atoms with Gasteiger partial charge in [-0.15, -0.1) is 0 Å². The zero-order valence-corrected chi connectivity index (χ0v) is 12.2. The van der Waals surface area contributed by atoms with Gasteiger partial charge in [0.25, 0.3) is 0 Å². The van der Waals surface area contributed by atoms with Gasteiger partial charge < -0.3 is 15.8 Å². The molecule has 0 aromatic rings. The van der Waals surface area contributed by atoms with E-state index in [2.05, 4.69) is 5.32 Å². The average molecular weight is 308 g/mol. The maximum atomic E-state index is 12.2. The van der Waals surface area contributed by atoms with Gasteiger partial charge in [-0.1, -0.05) is 0 Å². The molecule has 2 rings (SSSR count). The summed E-state index contributed by atoms with van der Waals surface area (Å²) in [5.74, 6) is 0.0184. The summed E-state index contributed by atoms with van der Waals surface area (Å²) >= 11 is 0. The average Bonchev–Trinajstić information content (AvgIpc) is 3.20. The Morgan fingerprint density at radius 1 is 1.29 bits per heavy atom. The minimum Gasteiger partial charge on any atom is -0.369 e. The van der Waals surface area contributed by atoms with Crippen LogP contribution in [0, 0.1) is 5.92 Å². The third kappa shape index (κ3) is 4.85. The molecule has 2 fully saturated rings. The van der Waals surface area contributed by atoms with E-state index in [4.69, 9.17) is 10.5 Å². The molecule has 3 unspecified atom stereocenters. The van der Waals surface area contributed by atoms with E-state index in [-0.39, 0.29) is 17.9 Å². The van der Waals surface area contributed by atoms with Crippen LogP contribution < -0.4 is 11.1 Å². The molecule has 3 N–H and O–H groups in total. The van der Waals surface area contributed by atoms with Crippen molar-refractivity contribution in [3.8, 4) is 0 Å². The van der Waals surface area contributed by atoms with Crippen LogP contribution in [0.3, 0.4) is 0 Å². The smallest absolute Gasteiger partial charge is 0.369 e. The minimum atomic E-state index is -4.31. The highest BCUT2D eigenvalue weighted by Crippen LogP contribution is 2.38. The van der Waals surface area contributed by atoms with E-state index in [1.165, 1.54) is 0 Å². The Hall–Kier alpha value is -0.820. The summed E-state index contributed by atoms with van der Waals surface area (Å²) in [6, 6.07) is -0.147. The number of nitrogens with one attached hydrogen (secondary N) is 1. The van der Waals surface area contributed by atoms with Gasteiger partial charge in [0.1, 0.15) is 6.61 Å². The molecule has 0 bridgehead atoms. The second kappa shape index (κ2) is 6.12. The molecule has 122 valence electrons. The molecule has 2 aliphatic carbocycles. The number of amides is 1. The first-order chi connectivity index (χ1) is 9.68. The van der Waals surface area contributed by atoms with Crippen LogP contribution in [0.25, 0.3) is 0 Å². The van der Waals surface area contributed by atoms with Crippen LogP contribution in [0.4, 0.5) is 13.2 Å². The number of carbonyl (C=O) groups is 1. The van der Waals surface area contributed by atoms with Crippen molar-refractivity contribution in [1.29, 1.82) is 0 Å². The molecule has 3 atom stereocenters. The van der Waals surface area contributed by atoms with E-state index in [0.29, 0.717) is 12.8 Å². The van der Waals surface area contributed by atoms with E-state index in [1.807, 2.05) is 0 Å². The molecule has 21 heavy (non-hydrogen) atoms. The molecule has 1 amide bonds.